The van der Waals surface area contributed by atoms with E-state index in [1.807, 2.05) is 12.1 Å². The summed E-state index contributed by atoms with van der Waals surface area (Å²) in [5, 5.41) is 3.55. The van der Waals surface area contributed by atoms with Crippen molar-refractivity contribution in [2.24, 2.45) is 0 Å². The van der Waals surface area contributed by atoms with Gasteiger partial charge in [-0.3, -0.25) is 0 Å². The molecule has 0 saturated heterocycles. The lowest BCUT2D eigenvalue weighted by Crippen LogP contribution is -2.35. The van der Waals surface area contributed by atoms with Gasteiger partial charge in [-0.05, 0) is 74.0 Å². The molecule has 4 aromatic rings. The van der Waals surface area contributed by atoms with E-state index in [2.05, 4.69) is 36.3 Å². The molecule has 2 heterocycles. The summed E-state index contributed by atoms with van der Waals surface area (Å²) < 4.78 is 27.0. The van der Waals surface area contributed by atoms with Crippen LogP contribution in [-0.2, 0) is 5.41 Å². The third-order valence-corrected chi connectivity index (χ3v) is 6.17. The number of halogens is 2. The van der Waals surface area contributed by atoms with Crippen molar-refractivity contribution in [1.82, 2.24) is 9.97 Å². The summed E-state index contributed by atoms with van der Waals surface area (Å²) in [5.74, 6) is 0.217. The molecule has 1 aliphatic rings. The van der Waals surface area contributed by atoms with E-state index in [-0.39, 0.29) is 23.1 Å². The number of rotatable bonds is 3. The number of nitrogens with one attached hydrogen (secondary N) is 2. The third-order valence-electron chi connectivity index (χ3n) is 6.17. The Morgan fingerprint density at radius 1 is 0.833 bits per heavy atom. The highest BCUT2D eigenvalue weighted by Crippen LogP contribution is 2.46. The van der Waals surface area contributed by atoms with Crippen LogP contribution in [0, 0.1) is 11.6 Å². The fourth-order valence-corrected chi connectivity index (χ4v) is 4.27. The standard InChI is InChI=1S/C25H21F2N3/c1-15-25(2,20-5-3-4-6-21(20)28-15)24-29-22(16-7-11-18(26)12-8-16)23(30-24)17-9-13-19(27)14-10-17/h3-15,28H,1-2H3,(H,29,30). The van der Waals surface area contributed by atoms with Gasteiger partial charge in [0.15, 0.2) is 0 Å². The summed E-state index contributed by atoms with van der Waals surface area (Å²) in [6.07, 6.45) is 0. The minimum Gasteiger partial charge on any atom is -0.381 e. The zero-order chi connectivity index (χ0) is 20.9. The van der Waals surface area contributed by atoms with Crippen LogP contribution in [0.5, 0.6) is 0 Å². The Morgan fingerprint density at radius 3 is 2.10 bits per heavy atom. The monoisotopic (exact) mass is 401 g/mol. The number of para-hydroxylation sites is 1. The number of aromatic nitrogens is 2. The first kappa shape index (κ1) is 18.6. The number of nitrogens with zero attached hydrogens (tertiary/aromatic N) is 1. The lowest BCUT2D eigenvalue weighted by molar-refractivity contribution is 0.499. The number of aromatic amines is 1. The summed E-state index contributed by atoms with van der Waals surface area (Å²) in [5.41, 5.74) is 5.00. The average molecular weight is 401 g/mol. The van der Waals surface area contributed by atoms with Gasteiger partial charge in [0.05, 0.1) is 16.8 Å². The van der Waals surface area contributed by atoms with Crippen molar-refractivity contribution in [2.75, 3.05) is 5.32 Å². The minimum atomic E-state index is -0.385. The van der Waals surface area contributed by atoms with E-state index in [4.69, 9.17) is 4.98 Å². The maximum absolute atomic E-state index is 13.5. The second-order valence-electron chi connectivity index (χ2n) is 7.94. The predicted molar refractivity (Wildman–Crippen MR) is 115 cm³/mol. The highest BCUT2D eigenvalue weighted by Gasteiger charge is 2.44. The number of fused-ring (bicyclic) bond motifs is 1. The largest absolute Gasteiger partial charge is 0.381 e. The summed E-state index contributed by atoms with van der Waals surface area (Å²) in [6, 6.07) is 20.9. The van der Waals surface area contributed by atoms with Crippen LogP contribution in [0.1, 0.15) is 25.2 Å². The van der Waals surface area contributed by atoms with Crippen molar-refractivity contribution >= 4 is 5.69 Å². The molecule has 2 unspecified atom stereocenters. The van der Waals surface area contributed by atoms with Gasteiger partial charge < -0.3 is 10.3 Å². The molecule has 0 bridgehead atoms. The Labute approximate surface area is 173 Å². The van der Waals surface area contributed by atoms with Gasteiger partial charge >= 0.3 is 0 Å². The molecular formula is C25H21F2N3. The van der Waals surface area contributed by atoms with Crippen LogP contribution in [0.3, 0.4) is 0 Å². The van der Waals surface area contributed by atoms with Crippen molar-refractivity contribution in [2.45, 2.75) is 25.3 Å². The van der Waals surface area contributed by atoms with E-state index >= 15 is 0 Å². The Balaban J connectivity index is 1.72. The van der Waals surface area contributed by atoms with E-state index in [1.165, 1.54) is 29.8 Å². The molecule has 3 aromatic carbocycles. The molecule has 0 saturated carbocycles. The summed E-state index contributed by atoms with van der Waals surface area (Å²) in [7, 11) is 0. The van der Waals surface area contributed by atoms with Crippen molar-refractivity contribution in [1.29, 1.82) is 0 Å². The van der Waals surface area contributed by atoms with Crippen LogP contribution in [0.4, 0.5) is 14.5 Å². The first-order chi connectivity index (χ1) is 14.5. The van der Waals surface area contributed by atoms with E-state index in [9.17, 15) is 8.78 Å². The molecule has 1 aromatic heterocycles. The quantitative estimate of drug-likeness (QED) is 0.433. The Morgan fingerprint density at radius 2 is 1.43 bits per heavy atom. The van der Waals surface area contributed by atoms with Gasteiger partial charge in [-0.25, -0.2) is 13.8 Å². The lowest BCUT2D eigenvalue weighted by atomic mass is 9.78. The maximum Gasteiger partial charge on any atom is 0.123 e. The number of H-pyrrole nitrogens is 1. The van der Waals surface area contributed by atoms with Gasteiger partial charge in [0.25, 0.3) is 0 Å². The van der Waals surface area contributed by atoms with Crippen LogP contribution in [0.2, 0.25) is 0 Å². The summed E-state index contributed by atoms with van der Waals surface area (Å²) in [4.78, 5) is 8.52. The molecule has 0 amide bonds. The Hall–Kier alpha value is -3.47. The van der Waals surface area contributed by atoms with Gasteiger partial charge in [0, 0.05) is 22.9 Å². The second kappa shape index (κ2) is 6.80. The maximum atomic E-state index is 13.5. The number of hydrogen-bond donors (Lipinski definition) is 2. The predicted octanol–water partition coefficient (Wildman–Crippen LogP) is 6.14. The van der Waals surface area contributed by atoms with Gasteiger partial charge in [0.2, 0.25) is 0 Å². The molecule has 5 rings (SSSR count). The molecule has 0 fully saturated rings. The SMILES string of the molecule is CC1Nc2ccccc2C1(C)c1nc(-c2ccc(F)cc2)c(-c2ccc(F)cc2)[nH]1. The molecule has 150 valence electrons. The van der Waals surface area contributed by atoms with Crippen LogP contribution >= 0.6 is 0 Å². The minimum absolute atomic E-state index is 0.114. The van der Waals surface area contributed by atoms with Gasteiger partial charge in [-0.15, -0.1) is 0 Å². The lowest BCUT2D eigenvalue weighted by Gasteiger charge is -2.27. The molecule has 2 N–H and O–H groups in total. The first-order valence-corrected chi connectivity index (χ1v) is 9.95. The van der Waals surface area contributed by atoms with Crippen molar-refractivity contribution in [3.8, 4) is 22.5 Å². The van der Waals surface area contributed by atoms with E-state index in [0.717, 1.165) is 34.0 Å². The van der Waals surface area contributed by atoms with Gasteiger partial charge in [-0.2, -0.15) is 0 Å². The smallest absolute Gasteiger partial charge is 0.123 e. The van der Waals surface area contributed by atoms with Crippen molar-refractivity contribution in [3.63, 3.8) is 0 Å². The molecular weight excluding hydrogens is 380 g/mol. The number of benzene rings is 3. The van der Waals surface area contributed by atoms with Gasteiger partial charge in [0.1, 0.15) is 17.5 Å². The fourth-order valence-electron chi connectivity index (χ4n) is 4.27. The van der Waals surface area contributed by atoms with Crippen molar-refractivity contribution < 1.29 is 8.78 Å². The van der Waals surface area contributed by atoms with E-state index < -0.39 is 0 Å². The molecule has 0 radical (unpaired) electrons. The zero-order valence-electron chi connectivity index (χ0n) is 16.7. The molecule has 2 atom stereocenters. The summed E-state index contributed by atoms with van der Waals surface area (Å²) in [6.45, 7) is 4.30. The van der Waals surface area contributed by atoms with Crippen LogP contribution in [0.15, 0.2) is 72.8 Å². The first-order valence-electron chi connectivity index (χ1n) is 9.95. The van der Waals surface area contributed by atoms with Crippen LogP contribution in [-0.4, -0.2) is 16.0 Å². The third kappa shape index (κ3) is 2.81. The molecule has 1 aliphatic heterocycles. The Bertz CT molecular complexity index is 1150. The van der Waals surface area contributed by atoms with Crippen molar-refractivity contribution in [3.05, 3.63) is 95.8 Å². The molecule has 5 heteroatoms. The average Bonchev–Trinajstić information content (AvgIpc) is 3.30. The topological polar surface area (TPSA) is 40.7 Å². The normalized spacial score (nSPS) is 20.1. The molecule has 0 aliphatic carbocycles. The van der Waals surface area contributed by atoms with Crippen LogP contribution < -0.4 is 5.32 Å². The highest BCUT2D eigenvalue weighted by molar-refractivity contribution is 5.79. The number of hydrogen-bond acceptors (Lipinski definition) is 2. The highest BCUT2D eigenvalue weighted by atomic mass is 19.1. The van der Waals surface area contributed by atoms with E-state index in [0.29, 0.717) is 0 Å². The van der Waals surface area contributed by atoms with E-state index in [1.54, 1.807) is 24.3 Å². The number of imidazole rings is 1. The number of anilines is 1. The van der Waals surface area contributed by atoms with Gasteiger partial charge in [-0.1, -0.05) is 18.2 Å². The Kier molecular flexibility index (Phi) is 4.21. The second-order valence-corrected chi connectivity index (χ2v) is 7.94. The summed E-state index contributed by atoms with van der Waals surface area (Å²) >= 11 is 0. The zero-order valence-corrected chi connectivity index (χ0v) is 16.7. The molecule has 30 heavy (non-hydrogen) atoms. The fraction of sp³-hybridized carbons (Fsp3) is 0.160. The molecule has 0 spiro atoms. The van der Waals surface area contributed by atoms with Crippen LogP contribution in [0.25, 0.3) is 22.5 Å². The molecule has 3 nitrogen and oxygen atoms in total.